The van der Waals surface area contributed by atoms with Crippen molar-refractivity contribution in [2.24, 2.45) is 0 Å². The van der Waals surface area contributed by atoms with Gasteiger partial charge in [-0.2, -0.15) is 15.3 Å². The fraction of sp³-hybridized carbons (Fsp3) is 0.143. The number of hydrogen-bond acceptors (Lipinski definition) is 5. The lowest BCUT2D eigenvalue weighted by Gasteiger charge is -1.97. The number of nitrogens with zero attached hydrogens (tertiary/aromatic N) is 4. The summed E-state index contributed by atoms with van der Waals surface area (Å²) in [6.07, 6.45) is 2.09. The summed E-state index contributed by atoms with van der Waals surface area (Å²) in [5, 5.41) is 19.2. The number of rotatable bonds is 3. The summed E-state index contributed by atoms with van der Waals surface area (Å²) < 4.78 is 5.18. The normalized spacial score (nSPS) is 10.4. The Labute approximate surface area is 115 Å². The first kappa shape index (κ1) is 12.1. The van der Waals surface area contributed by atoms with Gasteiger partial charge in [-0.15, -0.1) is 0 Å². The Hall–Kier alpha value is -2.94. The maximum absolute atomic E-state index is 8.93. The molecular weight excluding hydrogens is 254 g/mol. The van der Waals surface area contributed by atoms with E-state index >= 15 is 0 Å². The highest BCUT2D eigenvalue weighted by Crippen LogP contribution is 2.20. The first-order valence-corrected chi connectivity index (χ1v) is 6.08. The molecule has 3 aromatic rings. The molecule has 0 fully saturated rings. The molecule has 2 heterocycles. The van der Waals surface area contributed by atoms with Crippen molar-refractivity contribution in [3.8, 4) is 17.5 Å². The Morgan fingerprint density at radius 3 is 3.10 bits per heavy atom. The Kier molecular flexibility index (Phi) is 3.01. The van der Waals surface area contributed by atoms with Gasteiger partial charge in [0.1, 0.15) is 11.8 Å². The fourth-order valence-corrected chi connectivity index (χ4v) is 1.97. The van der Waals surface area contributed by atoms with E-state index in [1.54, 1.807) is 0 Å². The van der Waals surface area contributed by atoms with Crippen molar-refractivity contribution < 1.29 is 4.52 Å². The van der Waals surface area contributed by atoms with Gasteiger partial charge in [-0.3, -0.25) is 5.10 Å². The Bertz CT molecular complexity index is 781. The quantitative estimate of drug-likeness (QED) is 0.784. The summed E-state index contributed by atoms with van der Waals surface area (Å²) in [5.41, 5.74) is 3.14. The van der Waals surface area contributed by atoms with Crippen LogP contribution in [0.1, 0.15) is 22.6 Å². The fourth-order valence-electron chi connectivity index (χ4n) is 1.97. The second kappa shape index (κ2) is 4.97. The predicted molar refractivity (Wildman–Crippen MR) is 70.6 cm³/mol. The van der Waals surface area contributed by atoms with Gasteiger partial charge in [-0.25, -0.2) is 0 Å². The lowest BCUT2D eigenvalue weighted by molar-refractivity contribution is 0.424. The van der Waals surface area contributed by atoms with Gasteiger partial charge in [0.25, 0.3) is 5.89 Å². The smallest absolute Gasteiger partial charge is 0.262 e. The van der Waals surface area contributed by atoms with Gasteiger partial charge in [0.2, 0.25) is 0 Å². The van der Waals surface area contributed by atoms with E-state index in [2.05, 4.69) is 26.4 Å². The van der Waals surface area contributed by atoms with Crippen LogP contribution < -0.4 is 0 Å². The zero-order valence-electron chi connectivity index (χ0n) is 10.8. The van der Waals surface area contributed by atoms with Crippen LogP contribution in [0.15, 0.2) is 35.0 Å². The van der Waals surface area contributed by atoms with E-state index in [9.17, 15) is 0 Å². The number of benzene rings is 1. The maximum atomic E-state index is 8.93. The molecule has 2 aromatic heterocycles. The lowest BCUT2D eigenvalue weighted by Crippen LogP contribution is -1.91. The molecule has 0 aliphatic heterocycles. The highest BCUT2D eigenvalue weighted by atomic mass is 16.5. The monoisotopic (exact) mass is 265 g/mol. The highest BCUT2D eigenvalue weighted by molar-refractivity contribution is 5.59. The number of nitrogens with one attached hydrogen (secondary N) is 1. The van der Waals surface area contributed by atoms with E-state index < -0.39 is 0 Å². The van der Waals surface area contributed by atoms with Crippen LogP contribution in [0.3, 0.4) is 0 Å². The summed E-state index contributed by atoms with van der Waals surface area (Å²) in [6, 6.07) is 10.1. The summed E-state index contributed by atoms with van der Waals surface area (Å²) in [6.45, 7) is 2.04. The van der Waals surface area contributed by atoms with Crippen molar-refractivity contribution in [2.75, 3.05) is 0 Å². The molecule has 0 unspecified atom stereocenters. The third kappa shape index (κ3) is 2.29. The van der Waals surface area contributed by atoms with Gasteiger partial charge < -0.3 is 4.52 Å². The summed E-state index contributed by atoms with van der Waals surface area (Å²) in [4.78, 5) is 4.30. The molecular formula is C14H11N5O. The van der Waals surface area contributed by atoms with E-state index in [1.165, 1.54) is 11.8 Å². The van der Waals surface area contributed by atoms with Gasteiger partial charge in [0, 0.05) is 6.42 Å². The van der Waals surface area contributed by atoms with Crippen LogP contribution in [-0.4, -0.2) is 20.3 Å². The van der Waals surface area contributed by atoms with E-state index in [0.29, 0.717) is 29.4 Å². The first-order chi connectivity index (χ1) is 9.76. The molecule has 0 radical (unpaired) electrons. The minimum absolute atomic E-state index is 0.304. The molecule has 0 spiro atoms. The van der Waals surface area contributed by atoms with Crippen LogP contribution in [0.2, 0.25) is 0 Å². The third-order valence-electron chi connectivity index (χ3n) is 2.89. The molecule has 1 aromatic carbocycles. The van der Waals surface area contributed by atoms with Gasteiger partial charge in [0.15, 0.2) is 5.82 Å². The molecule has 0 aliphatic carbocycles. The van der Waals surface area contributed by atoms with E-state index in [1.807, 2.05) is 31.2 Å². The number of H-pyrrole nitrogens is 1. The zero-order chi connectivity index (χ0) is 13.9. The van der Waals surface area contributed by atoms with Gasteiger partial charge in [-0.1, -0.05) is 35.0 Å². The second-order valence-electron chi connectivity index (χ2n) is 4.45. The topological polar surface area (TPSA) is 91.4 Å². The molecule has 20 heavy (non-hydrogen) atoms. The SMILES string of the molecule is Cc1cccc(Cc2noc(-c3cn[nH]c3C#N)n2)c1. The standard InChI is InChI=1S/C14H11N5O/c1-9-3-2-4-10(5-9)6-13-17-14(20-19-13)11-8-16-18-12(11)7-15/h2-5,8H,6H2,1H3,(H,16,18). The lowest BCUT2D eigenvalue weighted by atomic mass is 10.1. The highest BCUT2D eigenvalue weighted by Gasteiger charge is 2.15. The molecule has 1 N–H and O–H groups in total. The molecule has 0 bridgehead atoms. The van der Waals surface area contributed by atoms with Crippen LogP contribution in [-0.2, 0) is 6.42 Å². The minimum Gasteiger partial charge on any atom is -0.334 e. The molecule has 98 valence electrons. The number of aromatic nitrogens is 4. The Morgan fingerprint density at radius 2 is 2.30 bits per heavy atom. The molecule has 0 aliphatic rings. The largest absolute Gasteiger partial charge is 0.334 e. The number of hydrogen-bond donors (Lipinski definition) is 1. The number of aryl methyl sites for hydroxylation is 1. The van der Waals surface area contributed by atoms with Crippen LogP contribution in [0.5, 0.6) is 0 Å². The summed E-state index contributed by atoms with van der Waals surface area (Å²) in [7, 11) is 0. The minimum atomic E-state index is 0.304. The van der Waals surface area contributed by atoms with Crippen molar-refractivity contribution in [3.63, 3.8) is 0 Å². The predicted octanol–water partition coefficient (Wildman–Crippen LogP) is 2.23. The van der Waals surface area contributed by atoms with Crippen LogP contribution >= 0.6 is 0 Å². The van der Waals surface area contributed by atoms with Gasteiger partial charge in [-0.05, 0) is 12.5 Å². The number of nitriles is 1. The molecule has 3 rings (SSSR count). The Balaban J connectivity index is 1.86. The Morgan fingerprint density at radius 1 is 1.40 bits per heavy atom. The van der Waals surface area contributed by atoms with Gasteiger partial charge >= 0.3 is 0 Å². The van der Waals surface area contributed by atoms with Crippen LogP contribution in [0.4, 0.5) is 0 Å². The van der Waals surface area contributed by atoms with E-state index in [0.717, 1.165) is 5.56 Å². The van der Waals surface area contributed by atoms with Gasteiger partial charge in [0.05, 0.1) is 11.8 Å². The maximum Gasteiger partial charge on any atom is 0.262 e. The van der Waals surface area contributed by atoms with Crippen molar-refractivity contribution >= 4 is 0 Å². The molecule has 0 atom stereocenters. The third-order valence-corrected chi connectivity index (χ3v) is 2.89. The average Bonchev–Trinajstić information content (AvgIpc) is 3.06. The molecule has 0 saturated carbocycles. The zero-order valence-corrected chi connectivity index (χ0v) is 10.8. The molecule has 0 amide bonds. The van der Waals surface area contributed by atoms with Crippen LogP contribution in [0.25, 0.3) is 11.5 Å². The van der Waals surface area contributed by atoms with Crippen molar-refractivity contribution in [1.82, 2.24) is 20.3 Å². The van der Waals surface area contributed by atoms with Crippen molar-refractivity contribution in [3.05, 3.63) is 53.1 Å². The molecule has 6 heteroatoms. The first-order valence-electron chi connectivity index (χ1n) is 6.08. The summed E-state index contributed by atoms with van der Waals surface area (Å²) in [5.74, 6) is 0.883. The number of aromatic amines is 1. The summed E-state index contributed by atoms with van der Waals surface area (Å²) >= 11 is 0. The van der Waals surface area contributed by atoms with E-state index in [-0.39, 0.29) is 0 Å². The average molecular weight is 265 g/mol. The molecule has 6 nitrogen and oxygen atoms in total. The second-order valence-corrected chi connectivity index (χ2v) is 4.45. The van der Waals surface area contributed by atoms with E-state index in [4.69, 9.17) is 9.78 Å². The van der Waals surface area contributed by atoms with Crippen LogP contribution in [0, 0.1) is 18.3 Å². The molecule has 0 saturated heterocycles. The van der Waals surface area contributed by atoms with Crippen molar-refractivity contribution in [2.45, 2.75) is 13.3 Å². The van der Waals surface area contributed by atoms with Crippen molar-refractivity contribution in [1.29, 1.82) is 5.26 Å².